The molecule has 4 nitrogen and oxygen atoms in total. The topological polar surface area (TPSA) is 54.9 Å². The van der Waals surface area contributed by atoms with Crippen LogP contribution in [0.2, 0.25) is 5.15 Å². The third kappa shape index (κ3) is 2.56. The van der Waals surface area contributed by atoms with Crippen molar-refractivity contribution in [3.05, 3.63) is 61.4 Å². The fourth-order valence-corrected chi connectivity index (χ4v) is 3.41. The Balaban J connectivity index is 2.24. The van der Waals surface area contributed by atoms with E-state index in [9.17, 15) is 9.59 Å². The number of H-pyrrole nitrogens is 1. The van der Waals surface area contributed by atoms with Crippen molar-refractivity contribution in [1.82, 2.24) is 9.55 Å². The minimum absolute atomic E-state index is 0.151. The molecule has 1 heterocycles. The molecule has 0 bridgehead atoms. The highest BCUT2D eigenvalue weighted by molar-refractivity contribution is 6.30. The highest BCUT2D eigenvalue weighted by Gasteiger charge is 2.25. The fraction of sp³-hybridized carbons (Fsp3) is 0.375. The largest absolute Gasteiger partial charge is 0.334 e. The van der Waals surface area contributed by atoms with Gasteiger partial charge in [-0.3, -0.25) is 9.78 Å². The van der Waals surface area contributed by atoms with Gasteiger partial charge in [0.25, 0.3) is 5.56 Å². The number of aryl methyl sites for hydroxylation is 1. The van der Waals surface area contributed by atoms with Crippen LogP contribution in [-0.2, 0) is 0 Å². The third-order valence-corrected chi connectivity index (χ3v) is 4.41. The summed E-state index contributed by atoms with van der Waals surface area (Å²) in [6.07, 6.45) is 4.11. The van der Waals surface area contributed by atoms with E-state index in [2.05, 4.69) is 4.98 Å². The lowest BCUT2D eigenvalue weighted by molar-refractivity contribution is 0.688. The summed E-state index contributed by atoms with van der Waals surface area (Å²) in [6, 6.07) is 7.34. The van der Waals surface area contributed by atoms with Gasteiger partial charge in [-0.05, 0) is 43.4 Å². The lowest BCUT2D eigenvalue weighted by Gasteiger charge is -2.13. The zero-order valence-corrected chi connectivity index (χ0v) is 12.6. The number of hydrogen-bond acceptors (Lipinski definition) is 2. The van der Waals surface area contributed by atoms with E-state index in [-0.39, 0.29) is 16.6 Å². The van der Waals surface area contributed by atoms with E-state index in [1.165, 1.54) is 4.57 Å². The van der Waals surface area contributed by atoms with Crippen LogP contribution in [-0.4, -0.2) is 9.55 Å². The van der Waals surface area contributed by atoms with Crippen LogP contribution in [0.3, 0.4) is 0 Å². The Morgan fingerprint density at radius 3 is 2.62 bits per heavy atom. The molecule has 1 saturated carbocycles. The minimum Gasteiger partial charge on any atom is -0.297 e. The van der Waals surface area contributed by atoms with E-state index in [1.54, 1.807) is 6.07 Å². The minimum atomic E-state index is -0.489. The van der Waals surface area contributed by atoms with Crippen molar-refractivity contribution in [3.8, 4) is 5.69 Å². The van der Waals surface area contributed by atoms with Gasteiger partial charge in [-0.2, -0.15) is 0 Å². The molecule has 1 aliphatic rings. The highest BCUT2D eigenvalue weighted by Crippen LogP contribution is 2.34. The zero-order valence-electron chi connectivity index (χ0n) is 11.9. The first-order chi connectivity index (χ1) is 10.1. The second-order valence-corrected chi connectivity index (χ2v) is 6.00. The maximum absolute atomic E-state index is 12.8. The predicted octanol–water partition coefficient (Wildman–Crippen LogP) is 3.15. The van der Waals surface area contributed by atoms with Gasteiger partial charge in [-0.1, -0.05) is 36.6 Å². The summed E-state index contributed by atoms with van der Waals surface area (Å²) in [7, 11) is 0. The van der Waals surface area contributed by atoms with E-state index >= 15 is 0 Å². The molecule has 1 N–H and O–H groups in total. The molecule has 0 spiro atoms. The van der Waals surface area contributed by atoms with E-state index < -0.39 is 5.69 Å². The summed E-state index contributed by atoms with van der Waals surface area (Å²) in [6.45, 7) is 1.93. The van der Waals surface area contributed by atoms with Crippen molar-refractivity contribution < 1.29 is 0 Å². The smallest absolute Gasteiger partial charge is 0.297 e. The molecule has 5 heteroatoms. The standard InChI is InChI=1S/C16H17ClN2O2/c1-10-5-4-8-12(9-10)19-15(20)13(11-6-2-3-7-11)14(17)18-16(19)21/h4-5,8-9,11H,2-3,6-7H2,1H3,(H,18,21). The number of aromatic amines is 1. The normalized spacial score (nSPS) is 15.5. The maximum atomic E-state index is 12.8. The SMILES string of the molecule is Cc1cccc(-n2c(=O)[nH]c(Cl)c(C3CCCC3)c2=O)c1. The molecule has 0 atom stereocenters. The van der Waals surface area contributed by atoms with Crippen molar-refractivity contribution in [2.75, 3.05) is 0 Å². The Morgan fingerprint density at radius 1 is 1.24 bits per heavy atom. The molecule has 0 aliphatic heterocycles. The Bertz CT molecular complexity index is 786. The lowest BCUT2D eigenvalue weighted by atomic mass is 10.0. The number of rotatable bonds is 2. The van der Waals surface area contributed by atoms with E-state index in [1.807, 2.05) is 25.1 Å². The first-order valence-electron chi connectivity index (χ1n) is 7.19. The summed E-state index contributed by atoms with van der Waals surface area (Å²) in [5, 5.41) is 0.195. The van der Waals surface area contributed by atoms with Crippen molar-refractivity contribution in [2.45, 2.75) is 38.5 Å². The van der Waals surface area contributed by atoms with Crippen LogP contribution < -0.4 is 11.2 Å². The molecule has 110 valence electrons. The van der Waals surface area contributed by atoms with Crippen LogP contribution in [0.5, 0.6) is 0 Å². The molecule has 1 aromatic heterocycles. The van der Waals surface area contributed by atoms with Crippen LogP contribution in [0.1, 0.15) is 42.7 Å². The van der Waals surface area contributed by atoms with Crippen LogP contribution in [0.15, 0.2) is 33.9 Å². The first-order valence-corrected chi connectivity index (χ1v) is 7.57. The summed E-state index contributed by atoms with van der Waals surface area (Å²) in [4.78, 5) is 27.5. The number of hydrogen-bond donors (Lipinski definition) is 1. The fourth-order valence-electron chi connectivity index (χ4n) is 3.09. The van der Waals surface area contributed by atoms with Gasteiger partial charge >= 0.3 is 5.69 Å². The molecule has 1 aliphatic carbocycles. The van der Waals surface area contributed by atoms with Gasteiger partial charge in [-0.15, -0.1) is 0 Å². The van der Waals surface area contributed by atoms with Gasteiger partial charge < -0.3 is 0 Å². The Labute approximate surface area is 127 Å². The van der Waals surface area contributed by atoms with Gasteiger partial charge in [-0.25, -0.2) is 9.36 Å². The molecule has 2 aromatic rings. The van der Waals surface area contributed by atoms with E-state index in [0.29, 0.717) is 11.3 Å². The Kier molecular flexibility index (Phi) is 3.72. The summed E-state index contributed by atoms with van der Waals surface area (Å²) in [5.41, 5.74) is 1.35. The van der Waals surface area contributed by atoms with Gasteiger partial charge in [0.05, 0.1) is 11.3 Å². The van der Waals surface area contributed by atoms with Crippen LogP contribution in [0, 0.1) is 6.92 Å². The van der Waals surface area contributed by atoms with Crippen molar-refractivity contribution in [2.24, 2.45) is 0 Å². The molecular weight excluding hydrogens is 288 g/mol. The zero-order chi connectivity index (χ0) is 15.0. The number of halogens is 1. The monoisotopic (exact) mass is 304 g/mol. The van der Waals surface area contributed by atoms with Crippen molar-refractivity contribution in [1.29, 1.82) is 0 Å². The number of nitrogens with zero attached hydrogens (tertiary/aromatic N) is 1. The molecule has 21 heavy (non-hydrogen) atoms. The summed E-state index contributed by atoms with van der Waals surface area (Å²) in [5.74, 6) is 0.151. The van der Waals surface area contributed by atoms with Crippen molar-refractivity contribution >= 4 is 11.6 Å². The van der Waals surface area contributed by atoms with E-state index in [0.717, 1.165) is 31.2 Å². The Hall–Kier alpha value is -1.81. The molecule has 0 radical (unpaired) electrons. The molecule has 0 amide bonds. The number of nitrogens with one attached hydrogen (secondary N) is 1. The average molecular weight is 305 g/mol. The number of aromatic nitrogens is 2. The van der Waals surface area contributed by atoms with Crippen LogP contribution in [0.4, 0.5) is 0 Å². The molecule has 1 fully saturated rings. The maximum Gasteiger partial charge on any atom is 0.334 e. The predicted molar refractivity (Wildman–Crippen MR) is 83.6 cm³/mol. The van der Waals surface area contributed by atoms with Gasteiger partial charge in [0.2, 0.25) is 0 Å². The van der Waals surface area contributed by atoms with Gasteiger partial charge in [0.15, 0.2) is 0 Å². The quantitative estimate of drug-likeness (QED) is 0.867. The van der Waals surface area contributed by atoms with Gasteiger partial charge in [0.1, 0.15) is 5.15 Å². The van der Waals surface area contributed by atoms with Crippen LogP contribution >= 0.6 is 11.6 Å². The number of benzene rings is 1. The summed E-state index contributed by atoms with van der Waals surface area (Å²) >= 11 is 6.14. The molecule has 1 aromatic carbocycles. The van der Waals surface area contributed by atoms with E-state index in [4.69, 9.17) is 11.6 Å². The first kappa shape index (κ1) is 14.1. The second kappa shape index (κ2) is 5.53. The third-order valence-electron chi connectivity index (χ3n) is 4.11. The molecular formula is C16H17ClN2O2. The average Bonchev–Trinajstić information content (AvgIpc) is 2.92. The molecule has 0 unspecified atom stereocenters. The molecule has 3 rings (SSSR count). The van der Waals surface area contributed by atoms with Crippen LogP contribution in [0.25, 0.3) is 5.69 Å². The Morgan fingerprint density at radius 2 is 1.95 bits per heavy atom. The summed E-state index contributed by atoms with van der Waals surface area (Å²) < 4.78 is 1.19. The second-order valence-electron chi connectivity index (χ2n) is 5.62. The van der Waals surface area contributed by atoms with Gasteiger partial charge in [0, 0.05) is 0 Å². The lowest BCUT2D eigenvalue weighted by Crippen LogP contribution is -2.36. The molecule has 0 saturated heterocycles. The van der Waals surface area contributed by atoms with Crippen molar-refractivity contribution in [3.63, 3.8) is 0 Å². The highest BCUT2D eigenvalue weighted by atomic mass is 35.5.